The number of aliphatic carboxylic acids is 1. The van der Waals surface area contributed by atoms with Crippen LogP contribution in [-0.4, -0.2) is 36.9 Å². The number of nitrogens with one attached hydrogen (secondary N) is 1. The number of carbonyl (C=O) groups is 1. The van der Waals surface area contributed by atoms with Gasteiger partial charge in [0.1, 0.15) is 11.9 Å². The summed E-state index contributed by atoms with van der Waals surface area (Å²) in [5.74, 6) is -1.11. The number of anilines is 2. The smallest absolute Gasteiger partial charge is 0.341 e. The Hall–Kier alpha value is -4.10. The van der Waals surface area contributed by atoms with Crippen molar-refractivity contribution in [3.8, 4) is 11.5 Å². The lowest BCUT2D eigenvalue weighted by atomic mass is 9.99. The fourth-order valence-electron chi connectivity index (χ4n) is 4.80. The van der Waals surface area contributed by atoms with Crippen LogP contribution in [0.15, 0.2) is 84.9 Å². The standard InChI is InChI=1S/C30H29FN2O4/c1-20(24-10-6-8-21-7-2-3-9-25(21)24)32-16-15-23-18-33(27-11-4-5-12-28(27)37-23)22-13-14-26(31)29(17-22)36-19-30(34)35/h2-14,17,20,23,32H,15-16,18-19H2,1H3,(H,34,35). The Morgan fingerprint density at radius 1 is 1.11 bits per heavy atom. The summed E-state index contributed by atoms with van der Waals surface area (Å²) < 4.78 is 25.7. The van der Waals surface area contributed by atoms with Crippen molar-refractivity contribution < 1.29 is 23.8 Å². The van der Waals surface area contributed by atoms with Gasteiger partial charge >= 0.3 is 5.97 Å². The molecule has 0 saturated heterocycles. The molecule has 4 aromatic carbocycles. The summed E-state index contributed by atoms with van der Waals surface area (Å²) in [4.78, 5) is 13.0. The van der Waals surface area contributed by atoms with Crippen molar-refractivity contribution in [3.63, 3.8) is 0 Å². The molecule has 1 aliphatic heterocycles. The van der Waals surface area contributed by atoms with Gasteiger partial charge in [0.25, 0.3) is 0 Å². The van der Waals surface area contributed by atoms with Crippen molar-refractivity contribution >= 4 is 28.1 Å². The van der Waals surface area contributed by atoms with Crippen molar-refractivity contribution in [1.82, 2.24) is 5.32 Å². The van der Waals surface area contributed by atoms with E-state index in [2.05, 4.69) is 59.6 Å². The van der Waals surface area contributed by atoms with Crippen LogP contribution in [-0.2, 0) is 4.79 Å². The van der Waals surface area contributed by atoms with Gasteiger partial charge in [0.05, 0.1) is 12.2 Å². The minimum atomic E-state index is -1.16. The Kier molecular flexibility index (Phi) is 7.23. The molecule has 37 heavy (non-hydrogen) atoms. The van der Waals surface area contributed by atoms with Crippen LogP contribution in [0.5, 0.6) is 11.5 Å². The number of hydrogen-bond acceptors (Lipinski definition) is 5. The maximum absolute atomic E-state index is 14.3. The summed E-state index contributed by atoms with van der Waals surface area (Å²) in [6.45, 7) is 2.87. The number of rotatable bonds is 9. The summed E-state index contributed by atoms with van der Waals surface area (Å²) in [6.07, 6.45) is 0.666. The SMILES string of the molecule is CC(NCCC1CN(c2ccc(F)c(OCC(=O)O)c2)c2ccccc2O1)c1cccc2ccccc12. The first-order valence-electron chi connectivity index (χ1n) is 12.4. The third-order valence-corrected chi connectivity index (χ3v) is 6.62. The zero-order valence-corrected chi connectivity index (χ0v) is 20.6. The van der Waals surface area contributed by atoms with Gasteiger partial charge in [-0.25, -0.2) is 9.18 Å². The zero-order valence-electron chi connectivity index (χ0n) is 20.6. The van der Waals surface area contributed by atoms with Gasteiger partial charge in [0, 0.05) is 17.8 Å². The summed E-state index contributed by atoms with van der Waals surface area (Å²) in [5, 5.41) is 15.0. The fraction of sp³-hybridized carbons (Fsp3) is 0.233. The molecule has 6 nitrogen and oxygen atoms in total. The molecule has 2 N–H and O–H groups in total. The van der Waals surface area contributed by atoms with Crippen molar-refractivity contribution in [2.24, 2.45) is 0 Å². The highest BCUT2D eigenvalue weighted by Gasteiger charge is 2.27. The molecule has 0 fully saturated rings. The summed E-state index contributed by atoms with van der Waals surface area (Å²) in [7, 11) is 0. The Morgan fingerprint density at radius 3 is 2.76 bits per heavy atom. The van der Waals surface area contributed by atoms with Gasteiger partial charge in [0.2, 0.25) is 0 Å². The number of para-hydroxylation sites is 2. The van der Waals surface area contributed by atoms with Crippen LogP contribution >= 0.6 is 0 Å². The second kappa shape index (κ2) is 10.9. The van der Waals surface area contributed by atoms with E-state index in [1.54, 1.807) is 6.07 Å². The number of nitrogens with zero attached hydrogens (tertiary/aromatic N) is 1. The van der Waals surface area contributed by atoms with E-state index >= 15 is 0 Å². The van der Waals surface area contributed by atoms with E-state index in [0.29, 0.717) is 12.2 Å². The molecule has 2 atom stereocenters. The number of carboxylic acid groups (broad SMARTS) is 1. The molecule has 0 spiro atoms. The van der Waals surface area contributed by atoms with Crippen LogP contribution in [0.25, 0.3) is 10.8 Å². The first kappa shape index (κ1) is 24.6. The van der Waals surface area contributed by atoms with E-state index in [-0.39, 0.29) is 17.9 Å². The van der Waals surface area contributed by atoms with E-state index < -0.39 is 18.4 Å². The molecule has 0 saturated carbocycles. The van der Waals surface area contributed by atoms with Crippen molar-refractivity contribution in [1.29, 1.82) is 0 Å². The van der Waals surface area contributed by atoms with Gasteiger partial charge in [-0.15, -0.1) is 0 Å². The second-order valence-corrected chi connectivity index (χ2v) is 9.15. The van der Waals surface area contributed by atoms with Crippen LogP contribution in [0, 0.1) is 5.82 Å². The van der Waals surface area contributed by atoms with E-state index in [1.807, 2.05) is 24.3 Å². The number of benzene rings is 4. The van der Waals surface area contributed by atoms with E-state index in [1.165, 1.54) is 28.5 Å². The maximum Gasteiger partial charge on any atom is 0.341 e. The van der Waals surface area contributed by atoms with E-state index in [9.17, 15) is 9.18 Å². The summed E-state index contributed by atoms with van der Waals surface area (Å²) in [5.41, 5.74) is 2.83. The molecule has 4 aromatic rings. The fourth-order valence-corrected chi connectivity index (χ4v) is 4.80. The third kappa shape index (κ3) is 5.52. The number of ether oxygens (including phenoxy) is 2. The molecule has 7 heteroatoms. The second-order valence-electron chi connectivity index (χ2n) is 9.15. The third-order valence-electron chi connectivity index (χ3n) is 6.62. The molecule has 2 unspecified atom stereocenters. The molecular weight excluding hydrogens is 471 g/mol. The van der Waals surface area contributed by atoms with Crippen LogP contribution in [0.3, 0.4) is 0 Å². The summed E-state index contributed by atoms with van der Waals surface area (Å²) in [6, 6.07) is 27.2. The minimum Gasteiger partial charge on any atom is -0.486 e. The highest BCUT2D eigenvalue weighted by Crippen LogP contribution is 2.40. The van der Waals surface area contributed by atoms with Crippen LogP contribution < -0.4 is 19.7 Å². The molecule has 190 valence electrons. The van der Waals surface area contributed by atoms with Crippen molar-refractivity contribution in [3.05, 3.63) is 96.3 Å². The lowest BCUT2D eigenvalue weighted by molar-refractivity contribution is -0.139. The monoisotopic (exact) mass is 500 g/mol. The molecule has 5 rings (SSSR count). The Balaban J connectivity index is 1.30. The maximum atomic E-state index is 14.3. The highest BCUT2D eigenvalue weighted by molar-refractivity contribution is 5.86. The van der Waals surface area contributed by atoms with E-state index in [4.69, 9.17) is 14.6 Å². The Labute approximate surface area is 215 Å². The van der Waals surface area contributed by atoms with Crippen LogP contribution in [0.4, 0.5) is 15.8 Å². The Morgan fingerprint density at radius 2 is 1.89 bits per heavy atom. The van der Waals surface area contributed by atoms with Gasteiger partial charge in [0.15, 0.2) is 18.2 Å². The van der Waals surface area contributed by atoms with Crippen molar-refractivity contribution in [2.45, 2.75) is 25.5 Å². The van der Waals surface area contributed by atoms with Crippen LogP contribution in [0.1, 0.15) is 24.9 Å². The predicted molar refractivity (Wildman–Crippen MR) is 142 cm³/mol. The van der Waals surface area contributed by atoms with Gasteiger partial charge < -0.3 is 24.8 Å². The molecule has 0 radical (unpaired) electrons. The topological polar surface area (TPSA) is 71.0 Å². The average molecular weight is 501 g/mol. The quantitative estimate of drug-likeness (QED) is 0.290. The normalized spacial score (nSPS) is 15.6. The van der Waals surface area contributed by atoms with Gasteiger partial charge in [-0.2, -0.15) is 0 Å². The average Bonchev–Trinajstić information content (AvgIpc) is 2.91. The minimum absolute atomic E-state index is 0.0917. The Bertz CT molecular complexity index is 1400. The lowest BCUT2D eigenvalue weighted by Gasteiger charge is -2.36. The summed E-state index contributed by atoms with van der Waals surface area (Å²) >= 11 is 0. The number of fused-ring (bicyclic) bond motifs is 2. The molecule has 0 aromatic heterocycles. The van der Waals surface area contributed by atoms with Gasteiger partial charge in [-0.1, -0.05) is 54.6 Å². The molecule has 1 aliphatic rings. The van der Waals surface area contributed by atoms with E-state index in [0.717, 1.165) is 24.4 Å². The first-order valence-corrected chi connectivity index (χ1v) is 12.4. The van der Waals surface area contributed by atoms with Crippen molar-refractivity contribution in [2.75, 3.05) is 24.6 Å². The van der Waals surface area contributed by atoms with Gasteiger partial charge in [-0.3, -0.25) is 0 Å². The zero-order chi connectivity index (χ0) is 25.8. The lowest BCUT2D eigenvalue weighted by Crippen LogP contribution is -2.39. The largest absolute Gasteiger partial charge is 0.486 e. The van der Waals surface area contributed by atoms with Gasteiger partial charge in [-0.05, 0) is 60.5 Å². The molecular formula is C30H29FN2O4. The molecule has 0 aliphatic carbocycles. The molecule has 1 heterocycles. The molecule has 0 amide bonds. The predicted octanol–water partition coefficient (Wildman–Crippen LogP) is 6.08. The highest BCUT2D eigenvalue weighted by atomic mass is 19.1. The molecule has 0 bridgehead atoms. The number of carboxylic acids is 1. The number of hydrogen-bond donors (Lipinski definition) is 2. The number of halogens is 1. The van der Waals surface area contributed by atoms with Crippen LogP contribution in [0.2, 0.25) is 0 Å². The first-order chi connectivity index (χ1) is 18.0.